The molecule has 19 heavy (non-hydrogen) atoms. The topological polar surface area (TPSA) is 34.0 Å². The first-order valence-corrected chi connectivity index (χ1v) is 6.97. The van der Waals surface area contributed by atoms with Crippen LogP contribution in [0.1, 0.15) is 33.2 Å². The number of amides is 1. The molecule has 2 aromatic rings. The van der Waals surface area contributed by atoms with Crippen molar-refractivity contribution in [1.82, 2.24) is 9.88 Å². The van der Waals surface area contributed by atoms with Crippen LogP contribution in [0, 0.1) is 0 Å². The zero-order valence-electron chi connectivity index (χ0n) is 11.5. The number of fused-ring (bicyclic) bond motifs is 1. The van der Waals surface area contributed by atoms with Gasteiger partial charge in [0, 0.05) is 17.6 Å². The lowest BCUT2D eigenvalue weighted by atomic mass is 10.2. The van der Waals surface area contributed by atoms with Gasteiger partial charge in [-0.2, -0.15) is 0 Å². The molecule has 1 amide bonds. The van der Waals surface area contributed by atoms with Gasteiger partial charge in [0.25, 0.3) is 0 Å². The summed E-state index contributed by atoms with van der Waals surface area (Å²) in [5.74, 6) is 0.0202. The van der Waals surface area contributed by atoms with Gasteiger partial charge in [-0.15, -0.1) is 0 Å². The number of aromatic nitrogens is 1. The molecule has 4 heteroatoms. The minimum absolute atomic E-state index is 0.0202. The van der Waals surface area contributed by atoms with Crippen LogP contribution in [0.15, 0.2) is 30.5 Å². The number of hydrogen-bond donors (Lipinski definition) is 1. The lowest BCUT2D eigenvalue weighted by Crippen LogP contribution is -2.36. The summed E-state index contributed by atoms with van der Waals surface area (Å²) in [4.78, 5) is 12.2. The molecule has 2 unspecified atom stereocenters. The second kappa shape index (κ2) is 5.66. The highest BCUT2D eigenvalue weighted by molar-refractivity contribution is 6.35. The molecule has 0 bridgehead atoms. The van der Waals surface area contributed by atoms with Crippen LogP contribution in [0.2, 0.25) is 5.02 Å². The van der Waals surface area contributed by atoms with E-state index in [-0.39, 0.29) is 18.0 Å². The zero-order chi connectivity index (χ0) is 14.0. The average molecular weight is 279 g/mol. The molecular formula is C15H19ClN2O. The van der Waals surface area contributed by atoms with Gasteiger partial charge in [0.1, 0.15) is 6.04 Å². The summed E-state index contributed by atoms with van der Waals surface area (Å²) in [7, 11) is 0. The fraction of sp³-hybridized carbons (Fsp3) is 0.400. The largest absolute Gasteiger partial charge is 0.352 e. The van der Waals surface area contributed by atoms with Crippen LogP contribution in [-0.2, 0) is 4.79 Å². The van der Waals surface area contributed by atoms with Crippen LogP contribution >= 0.6 is 11.6 Å². The van der Waals surface area contributed by atoms with Crippen molar-refractivity contribution in [2.24, 2.45) is 0 Å². The molecule has 1 aromatic carbocycles. The predicted octanol–water partition coefficient (Wildman–Crippen LogP) is 3.77. The van der Waals surface area contributed by atoms with Gasteiger partial charge in [-0.3, -0.25) is 4.79 Å². The number of carbonyl (C=O) groups excluding carboxylic acids is 1. The molecule has 0 aliphatic carbocycles. The van der Waals surface area contributed by atoms with Gasteiger partial charge in [0.2, 0.25) is 5.91 Å². The maximum atomic E-state index is 12.2. The number of nitrogens with zero attached hydrogens (tertiary/aromatic N) is 1. The second-order valence-electron chi connectivity index (χ2n) is 4.89. The first-order valence-electron chi connectivity index (χ1n) is 6.60. The number of halogens is 1. The van der Waals surface area contributed by atoms with E-state index in [1.807, 2.05) is 48.9 Å². The van der Waals surface area contributed by atoms with Crippen molar-refractivity contribution in [3.05, 3.63) is 35.5 Å². The summed E-state index contributed by atoms with van der Waals surface area (Å²) in [6, 6.07) is 7.66. The summed E-state index contributed by atoms with van der Waals surface area (Å²) in [6.07, 6.45) is 2.84. The van der Waals surface area contributed by atoms with Crippen LogP contribution in [0.5, 0.6) is 0 Å². The standard InChI is InChI=1S/C15H19ClN2O/c1-4-10(2)17-15(19)11(3)18-9-8-12-6-5-7-13(16)14(12)18/h5-11H,4H2,1-3H3,(H,17,19). The Hall–Kier alpha value is -1.48. The molecule has 0 spiro atoms. The van der Waals surface area contributed by atoms with Gasteiger partial charge >= 0.3 is 0 Å². The number of hydrogen-bond acceptors (Lipinski definition) is 1. The highest BCUT2D eigenvalue weighted by Gasteiger charge is 2.18. The number of nitrogens with one attached hydrogen (secondary N) is 1. The Balaban J connectivity index is 2.31. The van der Waals surface area contributed by atoms with Gasteiger partial charge in [0.15, 0.2) is 0 Å². The van der Waals surface area contributed by atoms with Gasteiger partial charge in [-0.25, -0.2) is 0 Å². The van der Waals surface area contributed by atoms with Crippen molar-refractivity contribution in [2.75, 3.05) is 0 Å². The molecule has 1 aromatic heterocycles. The molecule has 1 N–H and O–H groups in total. The minimum Gasteiger partial charge on any atom is -0.352 e. The average Bonchev–Trinajstić information content (AvgIpc) is 2.82. The molecule has 0 saturated heterocycles. The Labute approximate surface area is 118 Å². The molecule has 102 valence electrons. The molecule has 0 aliphatic rings. The molecule has 3 nitrogen and oxygen atoms in total. The van der Waals surface area contributed by atoms with Crippen LogP contribution in [0.4, 0.5) is 0 Å². The van der Waals surface area contributed by atoms with E-state index >= 15 is 0 Å². The maximum absolute atomic E-state index is 12.2. The summed E-state index contributed by atoms with van der Waals surface area (Å²) >= 11 is 6.23. The molecule has 0 saturated carbocycles. The summed E-state index contributed by atoms with van der Waals surface area (Å²) in [5.41, 5.74) is 0.913. The molecule has 0 radical (unpaired) electrons. The monoisotopic (exact) mass is 278 g/mol. The number of rotatable bonds is 4. The van der Waals surface area contributed by atoms with Crippen LogP contribution in [0.25, 0.3) is 10.9 Å². The van der Waals surface area contributed by atoms with E-state index in [9.17, 15) is 4.79 Å². The highest BCUT2D eigenvalue weighted by atomic mass is 35.5. The summed E-state index contributed by atoms with van der Waals surface area (Å²) < 4.78 is 1.93. The quantitative estimate of drug-likeness (QED) is 0.907. The van der Waals surface area contributed by atoms with Crippen LogP contribution in [0.3, 0.4) is 0 Å². The van der Waals surface area contributed by atoms with E-state index in [1.54, 1.807) is 0 Å². The fourth-order valence-corrected chi connectivity index (χ4v) is 2.37. The first kappa shape index (κ1) is 13.9. The van der Waals surface area contributed by atoms with Crippen molar-refractivity contribution < 1.29 is 4.79 Å². The zero-order valence-corrected chi connectivity index (χ0v) is 12.2. The van der Waals surface area contributed by atoms with Crippen LogP contribution < -0.4 is 5.32 Å². The number of carbonyl (C=O) groups is 1. The van der Waals surface area contributed by atoms with Gasteiger partial charge in [0.05, 0.1) is 10.5 Å². The third-order valence-corrected chi connectivity index (χ3v) is 3.79. The van der Waals surface area contributed by atoms with Gasteiger partial charge in [-0.1, -0.05) is 30.7 Å². The normalized spacial score (nSPS) is 14.3. The molecular weight excluding hydrogens is 260 g/mol. The molecule has 1 heterocycles. The van der Waals surface area contributed by atoms with Crippen molar-refractivity contribution in [2.45, 2.75) is 39.3 Å². The molecule has 0 fully saturated rings. The molecule has 2 atom stereocenters. The van der Waals surface area contributed by atoms with Crippen molar-refractivity contribution >= 4 is 28.4 Å². The van der Waals surface area contributed by atoms with E-state index in [1.165, 1.54) is 0 Å². The van der Waals surface area contributed by atoms with Crippen molar-refractivity contribution in [3.63, 3.8) is 0 Å². The first-order chi connectivity index (χ1) is 9.04. The highest BCUT2D eigenvalue weighted by Crippen LogP contribution is 2.27. The number of benzene rings is 1. The van der Waals surface area contributed by atoms with E-state index in [0.717, 1.165) is 17.3 Å². The fourth-order valence-electron chi connectivity index (χ4n) is 2.09. The Bertz CT molecular complexity index is 591. The lowest BCUT2D eigenvalue weighted by Gasteiger charge is -2.18. The Morgan fingerprint density at radius 3 is 2.79 bits per heavy atom. The maximum Gasteiger partial charge on any atom is 0.242 e. The smallest absolute Gasteiger partial charge is 0.242 e. The van der Waals surface area contributed by atoms with Gasteiger partial charge in [-0.05, 0) is 32.4 Å². The van der Waals surface area contributed by atoms with Crippen molar-refractivity contribution in [3.8, 4) is 0 Å². The van der Waals surface area contributed by atoms with E-state index in [2.05, 4.69) is 12.2 Å². The van der Waals surface area contributed by atoms with E-state index in [0.29, 0.717) is 5.02 Å². The second-order valence-corrected chi connectivity index (χ2v) is 5.30. The molecule has 2 rings (SSSR count). The van der Waals surface area contributed by atoms with Gasteiger partial charge < -0.3 is 9.88 Å². The summed E-state index contributed by atoms with van der Waals surface area (Å²) in [5, 5.41) is 4.72. The van der Waals surface area contributed by atoms with Crippen LogP contribution in [-0.4, -0.2) is 16.5 Å². The Kier molecular flexibility index (Phi) is 4.15. The minimum atomic E-state index is -0.272. The third kappa shape index (κ3) is 2.76. The Morgan fingerprint density at radius 2 is 2.11 bits per heavy atom. The van der Waals surface area contributed by atoms with E-state index in [4.69, 9.17) is 11.6 Å². The van der Waals surface area contributed by atoms with E-state index < -0.39 is 0 Å². The van der Waals surface area contributed by atoms with Crippen molar-refractivity contribution in [1.29, 1.82) is 0 Å². The Morgan fingerprint density at radius 1 is 1.37 bits per heavy atom. The predicted molar refractivity (Wildman–Crippen MR) is 79.6 cm³/mol. The summed E-state index contributed by atoms with van der Waals surface area (Å²) in [6.45, 7) is 5.95. The lowest BCUT2D eigenvalue weighted by molar-refractivity contribution is -0.124. The third-order valence-electron chi connectivity index (χ3n) is 3.49. The SMILES string of the molecule is CCC(C)NC(=O)C(C)n1ccc2cccc(Cl)c21. The number of para-hydroxylation sites is 1. The molecule has 0 aliphatic heterocycles.